The van der Waals surface area contributed by atoms with E-state index < -0.39 is 0 Å². The highest BCUT2D eigenvalue weighted by Crippen LogP contribution is 2.23. The molecule has 1 N–H and O–H groups in total. The van der Waals surface area contributed by atoms with Crippen molar-refractivity contribution in [2.45, 2.75) is 12.8 Å². The number of benzene rings is 1. The molecule has 0 spiro atoms. The zero-order chi connectivity index (χ0) is 12.3. The molecule has 1 aromatic carbocycles. The van der Waals surface area contributed by atoms with Gasteiger partial charge in [0.1, 0.15) is 5.82 Å². The molecule has 1 fully saturated rings. The Bertz CT molecular complexity index is 384. The van der Waals surface area contributed by atoms with Gasteiger partial charge in [0.2, 0.25) is 0 Å². The number of rotatable bonds is 3. The first-order chi connectivity index (χ1) is 8.15. The van der Waals surface area contributed by atoms with E-state index in [0.29, 0.717) is 10.9 Å². The van der Waals surface area contributed by atoms with E-state index in [2.05, 4.69) is 17.3 Å². The van der Waals surface area contributed by atoms with Crippen LogP contribution in [0.5, 0.6) is 0 Å². The first-order valence-electron chi connectivity index (χ1n) is 6.02. The molecule has 0 radical (unpaired) electrons. The molecule has 1 aromatic rings. The standard InChI is InChI=1S/C13H18ClFN2/c1-17-6-2-3-10(9-17)8-16-13-5-4-11(15)7-12(13)14/h4-5,7,10,16H,2-3,6,8-9H2,1H3. The van der Waals surface area contributed by atoms with Gasteiger partial charge < -0.3 is 10.2 Å². The summed E-state index contributed by atoms with van der Waals surface area (Å²) in [5.41, 5.74) is 0.821. The van der Waals surface area contributed by atoms with Crippen LogP contribution in [0.1, 0.15) is 12.8 Å². The quantitative estimate of drug-likeness (QED) is 0.893. The second kappa shape index (κ2) is 5.69. The fourth-order valence-electron chi connectivity index (χ4n) is 2.33. The SMILES string of the molecule is CN1CCCC(CNc2ccc(F)cc2Cl)C1. The molecular formula is C13H18ClFN2. The molecule has 17 heavy (non-hydrogen) atoms. The minimum Gasteiger partial charge on any atom is -0.384 e. The second-order valence-corrected chi connectivity index (χ2v) is 5.18. The Balaban J connectivity index is 1.88. The minimum absolute atomic E-state index is 0.294. The highest BCUT2D eigenvalue weighted by molar-refractivity contribution is 6.33. The van der Waals surface area contributed by atoms with E-state index in [9.17, 15) is 4.39 Å². The summed E-state index contributed by atoms with van der Waals surface area (Å²) in [6.07, 6.45) is 2.50. The molecule has 1 saturated heterocycles. The summed E-state index contributed by atoms with van der Waals surface area (Å²) in [5.74, 6) is 0.354. The van der Waals surface area contributed by atoms with Crippen LogP contribution in [0.4, 0.5) is 10.1 Å². The molecule has 0 bridgehead atoms. The van der Waals surface area contributed by atoms with Crippen LogP contribution < -0.4 is 5.32 Å². The van der Waals surface area contributed by atoms with Crippen LogP contribution in [0.2, 0.25) is 5.02 Å². The highest BCUT2D eigenvalue weighted by atomic mass is 35.5. The Morgan fingerprint density at radius 1 is 1.53 bits per heavy atom. The number of nitrogens with zero attached hydrogens (tertiary/aromatic N) is 1. The summed E-state index contributed by atoms with van der Waals surface area (Å²) in [6, 6.07) is 4.47. The zero-order valence-electron chi connectivity index (χ0n) is 10.0. The molecule has 1 unspecified atom stereocenters. The lowest BCUT2D eigenvalue weighted by Gasteiger charge is -2.30. The summed E-state index contributed by atoms with van der Waals surface area (Å²) in [6.45, 7) is 3.20. The largest absolute Gasteiger partial charge is 0.384 e. The third-order valence-electron chi connectivity index (χ3n) is 3.23. The average molecular weight is 257 g/mol. The van der Waals surface area contributed by atoms with E-state index in [1.807, 2.05) is 0 Å². The molecule has 1 aliphatic rings. The molecule has 1 atom stereocenters. The van der Waals surface area contributed by atoms with Crippen LogP contribution in [-0.4, -0.2) is 31.6 Å². The van der Waals surface area contributed by atoms with Crippen molar-refractivity contribution in [3.63, 3.8) is 0 Å². The van der Waals surface area contributed by atoms with Crippen LogP contribution in [0, 0.1) is 11.7 Å². The molecule has 0 amide bonds. The van der Waals surface area contributed by atoms with Crippen molar-refractivity contribution in [1.29, 1.82) is 0 Å². The lowest BCUT2D eigenvalue weighted by molar-refractivity contribution is 0.217. The van der Waals surface area contributed by atoms with Crippen LogP contribution in [0.25, 0.3) is 0 Å². The number of hydrogen-bond donors (Lipinski definition) is 1. The molecule has 4 heteroatoms. The van der Waals surface area contributed by atoms with Crippen molar-refractivity contribution in [2.75, 3.05) is 32.0 Å². The molecule has 94 valence electrons. The first kappa shape index (κ1) is 12.7. The number of piperidine rings is 1. The lowest BCUT2D eigenvalue weighted by atomic mass is 9.98. The van der Waals surface area contributed by atoms with Gasteiger partial charge in [-0.2, -0.15) is 0 Å². The summed E-state index contributed by atoms with van der Waals surface area (Å²) in [5, 5.41) is 3.76. The van der Waals surface area contributed by atoms with Gasteiger partial charge in [-0.15, -0.1) is 0 Å². The number of anilines is 1. The molecule has 1 aliphatic heterocycles. The van der Waals surface area contributed by atoms with E-state index in [1.54, 1.807) is 6.07 Å². The second-order valence-electron chi connectivity index (χ2n) is 4.78. The summed E-state index contributed by atoms with van der Waals surface area (Å²) < 4.78 is 12.9. The molecule has 2 nitrogen and oxygen atoms in total. The van der Waals surface area contributed by atoms with Gasteiger partial charge in [0.25, 0.3) is 0 Å². The molecule has 0 aromatic heterocycles. The van der Waals surface area contributed by atoms with Crippen molar-refractivity contribution in [3.8, 4) is 0 Å². The average Bonchev–Trinajstić information content (AvgIpc) is 2.28. The maximum absolute atomic E-state index is 12.9. The Morgan fingerprint density at radius 3 is 3.06 bits per heavy atom. The Morgan fingerprint density at radius 2 is 2.35 bits per heavy atom. The molecule has 1 heterocycles. The molecule has 0 aliphatic carbocycles. The Kier molecular flexibility index (Phi) is 4.24. The molecular weight excluding hydrogens is 239 g/mol. The Hall–Kier alpha value is -0.800. The van der Waals surface area contributed by atoms with Crippen molar-refractivity contribution in [2.24, 2.45) is 5.92 Å². The summed E-state index contributed by atoms with van der Waals surface area (Å²) in [7, 11) is 2.15. The monoisotopic (exact) mass is 256 g/mol. The first-order valence-corrected chi connectivity index (χ1v) is 6.40. The number of nitrogens with one attached hydrogen (secondary N) is 1. The van der Waals surface area contributed by atoms with Crippen molar-refractivity contribution >= 4 is 17.3 Å². The van der Waals surface area contributed by atoms with Gasteiger partial charge in [-0.25, -0.2) is 4.39 Å². The topological polar surface area (TPSA) is 15.3 Å². The number of likely N-dealkylation sites (tertiary alicyclic amines) is 1. The van der Waals surface area contributed by atoms with Gasteiger partial charge >= 0.3 is 0 Å². The van der Waals surface area contributed by atoms with Gasteiger partial charge in [0.15, 0.2) is 0 Å². The lowest BCUT2D eigenvalue weighted by Crippen LogP contribution is -2.35. The van der Waals surface area contributed by atoms with Crippen molar-refractivity contribution in [3.05, 3.63) is 29.0 Å². The maximum atomic E-state index is 12.9. The van der Waals surface area contributed by atoms with Gasteiger partial charge in [0.05, 0.1) is 10.7 Å². The van der Waals surface area contributed by atoms with E-state index in [4.69, 9.17) is 11.6 Å². The summed E-state index contributed by atoms with van der Waals surface area (Å²) >= 11 is 5.96. The molecule has 2 rings (SSSR count). The third kappa shape index (κ3) is 3.58. The maximum Gasteiger partial charge on any atom is 0.124 e. The normalized spacial score (nSPS) is 21.5. The van der Waals surface area contributed by atoms with Crippen molar-refractivity contribution in [1.82, 2.24) is 4.90 Å². The van der Waals surface area contributed by atoms with Crippen molar-refractivity contribution < 1.29 is 4.39 Å². The Labute approximate surface area is 107 Å². The van der Waals surface area contributed by atoms with Gasteiger partial charge in [0, 0.05) is 13.1 Å². The van der Waals surface area contributed by atoms with E-state index in [0.717, 1.165) is 18.8 Å². The zero-order valence-corrected chi connectivity index (χ0v) is 10.8. The predicted octanol–water partition coefficient (Wildman–Crippen LogP) is 3.23. The van der Waals surface area contributed by atoms with E-state index in [1.165, 1.54) is 31.5 Å². The van der Waals surface area contributed by atoms with Gasteiger partial charge in [-0.3, -0.25) is 0 Å². The summed E-state index contributed by atoms with van der Waals surface area (Å²) in [4.78, 5) is 2.35. The van der Waals surface area contributed by atoms with Gasteiger partial charge in [-0.1, -0.05) is 11.6 Å². The van der Waals surface area contributed by atoms with Crippen LogP contribution >= 0.6 is 11.6 Å². The van der Waals surface area contributed by atoms with Crippen LogP contribution in [-0.2, 0) is 0 Å². The van der Waals surface area contributed by atoms with Crippen LogP contribution in [0.3, 0.4) is 0 Å². The fraction of sp³-hybridized carbons (Fsp3) is 0.538. The van der Waals surface area contributed by atoms with Gasteiger partial charge in [-0.05, 0) is 50.6 Å². The number of hydrogen-bond acceptors (Lipinski definition) is 2. The predicted molar refractivity (Wildman–Crippen MR) is 70.1 cm³/mol. The third-order valence-corrected chi connectivity index (χ3v) is 3.55. The number of halogens is 2. The minimum atomic E-state index is -0.294. The van der Waals surface area contributed by atoms with E-state index >= 15 is 0 Å². The van der Waals surface area contributed by atoms with E-state index in [-0.39, 0.29) is 5.82 Å². The smallest absolute Gasteiger partial charge is 0.124 e. The highest BCUT2D eigenvalue weighted by Gasteiger charge is 2.16. The fourth-order valence-corrected chi connectivity index (χ4v) is 2.56. The molecule has 0 saturated carbocycles. The van der Waals surface area contributed by atoms with Crippen LogP contribution in [0.15, 0.2) is 18.2 Å².